The first kappa shape index (κ1) is 14.1. The van der Waals surface area contributed by atoms with Gasteiger partial charge in [-0.25, -0.2) is 0 Å². The third-order valence-electron chi connectivity index (χ3n) is 3.16. The molecule has 4 nitrogen and oxygen atoms in total. The van der Waals surface area contributed by atoms with Crippen molar-refractivity contribution in [3.63, 3.8) is 0 Å². The lowest BCUT2D eigenvalue weighted by molar-refractivity contribution is 0.414. The molecule has 0 radical (unpaired) electrons. The van der Waals surface area contributed by atoms with E-state index in [1.54, 1.807) is 7.11 Å². The van der Waals surface area contributed by atoms with Gasteiger partial charge in [-0.05, 0) is 42.5 Å². The maximum absolute atomic E-state index is 8.64. The summed E-state index contributed by atoms with van der Waals surface area (Å²) in [4.78, 5) is 2.93. The van der Waals surface area contributed by atoms with Crippen LogP contribution in [0.2, 0.25) is 0 Å². The number of hydrogen-bond donors (Lipinski definition) is 0. The Hall–Kier alpha value is -1.93. The van der Waals surface area contributed by atoms with Gasteiger partial charge in [0.05, 0.1) is 7.11 Å². The Bertz CT molecular complexity index is 447. The van der Waals surface area contributed by atoms with Crippen molar-refractivity contribution in [1.82, 2.24) is 0 Å². The van der Waals surface area contributed by atoms with Crippen LogP contribution in [0.25, 0.3) is 10.4 Å². The van der Waals surface area contributed by atoms with Gasteiger partial charge < -0.3 is 4.74 Å². The highest BCUT2D eigenvalue weighted by Gasteiger charge is 2.16. The zero-order valence-electron chi connectivity index (χ0n) is 11.1. The summed E-state index contributed by atoms with van der Waals surface area (Å²) in [6.07, 6.45) is 0.710. The summed E-state index contributed by atoms with van der Waals surface area (Å²) >= 11 is 0. The molecule has 0 heterocycles. The van der Waals surface area contributed by atoms with Gasteiger partial charge >= 0.3 is 0 Å². The number of methoxy groups -OCH3 is 1. The smallest absolute Gasteiger partial charge is 0.118 e. The fourth-order valence-electron chi connectivity index (χ4n) is 1.72. The molecule has 4 heteroatoms. The number of nitrogens with zero attached hydrogens (tertiary/aromatic N) is 3. The normalized spacial score (nSPS) is 13.3. The highest BCUT2D eigenvalue weighted by molar-refractivity contribution is 5.28. The zero-order chi connectivity index (χ0) is 13.5. The zero-order valence-corrected chi connectivity index (χ0v) is 11.1. The van der Waals surface area contributed by atoms with E-state index < -0.39 is 0 Å². The van der Waals surface area contributed by atoms with Crippen LogP contribution in [0.15, 0.2) is 41.5 Å². The second-order valence-electron chi connectivity index (χ2n) is 4.46. The van der Waals surface area contributed by atoms with Gasteiger partial charge in [-0.3, -0.25) is 0 Å². The molecule has 0 aromatic heterocycles. The van der Waals surface area contributed by atoms with E-state index in [1.165, 1.54) is 0 Å². The molecule has 0 spiro atoms. The average molecular weight is 245 g/mol. The van der Waals surface area contributed by atoms with E-state index >= 15 is 0 Å². The lowest BCUT2D eigenvalue weighted by atomic mass is 9.91. The van der Waals surface area contributed by atoms with Crippen LogP contribution in [0.4, 0.5) is 0 Å². The van der Waals surface area contributed by atoms with E-state index in [0.717, 1.165) is 16.9 Å². The predicted molar refractivity (Wildman–Crippen MR) is 73.6 cm³/mol. The molecule has 0 aliphatic rings. The molecule has 0 unspecified atom stereocenters. The van der Waals surface area contributed by atoms with E-state index in [0.29, 0.717) is 6.42 Å². The molecule has 0 N–H and O–H groups in total. The van der Waals surface area contributed by atoms with Crippen LogP contribution < -0.4 is 4.74 Å². The van der Waals surface area contributed by atoms with Crippen molar-refractivity contribution >= 4 is 0 Å². The highest BCUT2D eigenvalue weighted by Crippen LogP contribution is 2.21. The molecule has 1 aromatic rings. The minimum absolute atomic E-state index is 0.0964. The largest absolute Gasteiger partial charge is 0.497 e. The monoisotopic (exact) mass is 245 g/mol. The maximum atomic E-state index is 8.64. The molecule has 0 amide bonds. The summed E-state index contributed by atoms with van der Waals surface area (Å²) in [5, 5.41) is 3.87. The van der Waals surface area contributed by atoms with Gasteiger partial charge in [-0.15, -0.1) is 0 Å². The summed E-state index contributed by atoms with van der Waals surface area (Å²) in [6, 6.07) is 7.70. The Morgan fingerprint density at radius 1 is 1.44 bits per heavy atom. The number of azide groups is 1. The minimum atomic E-state index is -0.0964. The minimum Gasteiger partial charge on any atom is -0.497 e. The third kappa shape index (κ3) is 3.82. The van der Waals surface area contributed by atoms with E-state index in [1.807, 2.05) is 38.1 Å². The molecule has 1 aromatic carbocycles. The topological polar surface area (TPSA) is 58.0 Å². The van der Waals surface area contributed by atoms with Crippen LogP contribution in [0.3, 0.4) is 0 Å². The van der Waals surface area contributed by atoms with Gasteiger partial charge in [0.1, 0.15) is 5.75 Å². The van der Waals surface area contributed by atoms with Gasteiger partial charge in [0.15, 0.2) is 0 Å². The average Bonchev–Trinajstić information content (AvgIpc) is 2.38. The summed E-state index contributed by atoms with van der Waals surface area (Å²) in [7, 11) is 1.64. The van der Waals surface area contributed by atoms with E-state index in [2.05, 4.69) is 16.6 Å². The van der Waals surface area contributed by atoms with Crippen molar-refractivity contribution in [2.24, 2.45) is 11.0 Å². The SMILES string of the molecule is C=C(C)[C@H](C)[C@@H](Cc1ccc(OC)cc1)N=[N+]=[N-]. The third-order valence-corrected chi connectivity index (χ3v) is 3.16. The first-order chi connectivity index (χ1) is 8.58. The van der Waals surface area contributed by atoms with Crippen LogP contribution in [0, 0.1) is 5.92 Å². The first-order valence-corrected chi connectivity index (χ1v) is 5.91. The van der Waals surface area contributed by atoms with Crippen LogP contribution >= 0.6 is 0 Å². The molecule has 0 aliphatic carbocycles. The Morgan fingerprint density at radius 3 is 2.50 bits per heavy atom. The Labute approximate surface area is 108 Å². The molecular weight excluding hydrogens is 226 g/mol. The van der Waals surface area contributed by atoms with Gasteiger partial charge in [0.25, 0.3) is 0 Å². The van der Waals surface area contributed by atoms with Crippen molar-refractivity contribution in [3.05, 3.63) is 52.4 Å². The van der Waals surface area contributed by atoms with Crippen LogP contribution in [0.5, 0.6) is 5.75 Å². The number of ether oxygens (including phenoxy) is 1. The molecule has 0 saturated heterocycles. The Morgan fingerprint density at radius 2 is 2.06 bits per heavy atom. The fourth-order valence-corrected chi connectivity index (χ4v) is 1.72. The lowest BCUT2D eigenvalue weighted by Crippen LogP contribution is -2.18. The van der Waals surface area contributed by atoms with Crippen molar-refractivity contribution < 1.29 is 4.74 Å². The number of hydrogen-bond acceptors (Lipinski definition) is 2. The summed E-state index contributed by atoms with van der Waals surface area (Å²) < 4.78 is 5.11. The van der Waals surface area contributed by atoms with Gasteiger partial charge in [-0.2, -0.15) is 0 Å². The van der Waals surface area contributed by atoms with Crippen molar-refractivity contribution in [2.75, 3.05) is 7.11 Å². The molecule has 0 bridgehead atoms. The molecular formula is C14H19N3O. The fraction of sp³-hybridized carbons (Fsp3) is 0.429. The molecule has 0 fully saturated rings. The number of benzene rings is 1. The van der Waals surface area contributed by atoms with Crippen LogP contribution in [-0.4, -0.2) is 13.2 Å². The summed E-state index contributed by atoms with van der Waals surface area (Å²) in [5.74, 6) is 0.995. The van der Waals surface area contributed by atoms with Gasteiger partial charge in [-0.1, -0.05) is 36.3 Å². The van der Waals surface area contributed by atoms with E-state index in [-0.39, 0.29) is 12.0 Å². The lowest BCUT2D eigenvalue weighted by Gasteiger charge is -2.19. The molecule has 0 saturated carbocycles. The van der Waals surface area contributed by atoms with E-state index in [4.69, 9.17) is 10.3 Å². The van der Waals surface area contributed by atoms with Crippen molar-refractivity contribution in [3.8, 4) is 5.75 Å². The van der Waals surface area contributed by atoms with Crippen molar-refractivity contribution in [2.45, 2.75) is 26.3 Å². The standard InChI is InChI=1S/C14H19N3O/c1-10(2)11(3)14(16-17-15)9-12-5-7-13(18-4)8-6-12/h5-8,11,14H,1,9H2,2-4H3/t11-,14+/m0/s1. The summed E-state index contributed by atoms with van der Waals surface area (Å²) in [6.45, 7) is 7.91. The second-order valence-corrected chi connectivity index (χ2v) is 4.46. The van der Waals surface area contributed by atoms with Gasteiger partial charge in [0, 0.05) is 11.0 Å². The molecule has 1 rings (SSSR count). The molecule has 0 aliphatic heterocycles. The van der Waals surface area contributed by atoms with Crippen LogP contribution in [-0.2, 0) is 6.42 Å². The first-order valence-electron chi connectivity index (χ1n) is 5.91. The van der Waals surface area contributed by atoms with Gasteiger partial charge in [0.2, 0.25) is 0 Å². The summed E-state index contributed by atoms with van der Waals surface area (Å²) in [5.41, 5.74) is 10.8. The van der Waals surface area contributed by atoms with Crippen LogP contribution in [0.1, 0.15) is 19.4 Å². The van der Waals surface area contributed by atoms with Crippen molar-refractivity contribution in [1.29, 1.82) is 0 Å². The number of rotatable bonds is 6. The maximum Gasteiger partial charge on any atom is 0.118 e. The highest BCUT2D eigenvalue weighted by atomic mass is 16.5. The quantitative estimate of drug-likeness (QED) is 0.322. The molecule has 18 heavy (non-hydrogen) atoms. The predicted octanol–water partition coefficient (Wildman–Crippen LogP) is 4.13. The van der Waals surface area contributed by atoms with E-state index in [9.17, 15) is 0 Å². The second kappa shape index (κ2) is 6.72. The molecule has 2 atom stereocenters. The molecule has 96 valence electrons. The Kier molecular flexibility index (Phi) is 5.28. The Balaban J connectivity index is 2.82.